The van der Waals surface area contributed by atoms with Crippen molar-refractivity contribution in [1.29, 1.82) is 0 Å². The first-order chi connectivity index (χ1) is 9.37. The first-order valence-corrected chi connectivity index (χ1v) is 9.05. The fourth-order valence-electron chi connectivity index (χ4n) is 7.68. The van der Waals surface area contributed by atoms with Gasteiger partial charge in [0, 0.05) is 0 Å². The van der Waals surface area contributed by atoms with E-state index in [1.54, 1.807) is 5.57 Å². The van der Waals surface area contributed by atoms with Gasteiger partial charge in [-0.25, -0.2) is 0 Å². The highest BCUT2D eigenvalue weighted by molar-refractivity contribution is 5.22. The SMILES string of the molecule is C=C1C[C@]23CC[C@H]4C(C)(C)CCC[C@]4(C)[C@H]2CC[C@@H]1C3. The molecule has 0 saturated heterocycles. The summed E-state index contributed by atoms with van der Waals surface area (Å²) in [6, 6.07) is 0. The van der Waals surface area contributed by atoms with E-state index in [0.29, 0.717) is 16.2 Å². The van der Waals surface area contributed by atoms with Gasteiger partial charge in [0.2, 0.25) is 0 Å². The maximum Gasteiger partial charge on any atom is -0.0200 e. The number of fused-ring (bicyclic) bond motifs is 3. The van der Waals surface area contributed by atoms with E-state index in [0.717, 1.165) is 17.8 Å². The summed E-state index contributed by atoms with van der Waals surface area (Å²) in [6.45, 7) is 12.2. The molecular formula is C20H32. The molecule has 0 aromatic heterocycles. The first kappa shape index (κ1) is 13.4. The van der Waals surface area contributed by atoms with E-state index in [1.807, 2.05) is 0 Å². The zero-order chi connectivity index (χ0) is 14.2. The molecule has 2 bridgehead atoms. The van der Waals surface area contributed by atoms with Crippen LogP contribution in [0.5, 0.6) is 0 Å². The third-order valence-electron chi connectivity index (χ3n) is 8.36. The van der Waals surface area contributed by atoms with Crippen LogP contribution in [0.4, 0.5) is 0 Å². The lowest BCUT2D eigenvalue weighted by Gasteiger charge is -2.64. The van der Waals surface area contributed by atoms with E-state index in [1.165, 1.54) is 57.8 Å². The molecule has 112 valence electrons. The van der Waals surface area contributed by atoms with Crippen molar-refractivity contribution in [2.75, 3.05) is 0 Å². The van der Waals surface area contributed by atoms with Crippen LogP contribution in [-0.4, -0.2) is 0 Å². The van der Waals surface area contributed by atoms with Gasteiger partial charge in [-0.05, 0) is 85.4 Å². The molecule has 0 heteroatoms. The van der Waals surface area contributed by atoms with Gasteiger partial charge in [-0.15, -0.1) is 0 Å². The third-order valence-corrected chi connectivity index (χ3v) is 8.36. The third kappa shape index (κ3) is 1.54. The van der Waals surface area contributed by atoms with Gasteiger partial charge >= 0.3 is 0 Å². The summed E-state index contributed by atoms with van der Waals surface area (Å²) >= 11 is 0. The summed E-state index contributed by atoms with van der Waals surface area (Å²) in [4.78, 5) is 0. The van der Waals surface area contributed by atoms with Crippen molar-refractivity contribution in [1.82, 2.24) is 0 Å². The van der Waals surface area contributed by atoms with Crippen molar-refractivity contribution in [2.45, 2.75) is 78.6 Å². The molecule has 4 aliphatic rings. The molecule has 0 radical (unpaired) electrons. The van der Waals surface area contributed by atoms with Crippen molar-refractivity contribution >= 4 is 0 Å². The zero-order valence-electron chi connectivity index (χ0n) is 13.8. The average Bonchev–Trinajstić information content (AvgIpc) is 2.58. The van der Waals surface area contributed by atoms with E-state index in [4.69, 9.17) is 0 Å². The minimum absolute atomic E-state index is 0.584. The minimum Gasteiger partial charge on any atom is -0.0996 e. The molecule has 0 N–H and O–H groups in total. The van der Waals surface area contributed by atoms with E-state index in [9.17, 15) is 0 Å². The molecule has 0 aliphatic heterocycles. The Morgan fingerprint density at radius 2 is 1.75 bits per heavy atom. The highest BCUT2D eigenvalue weighted by Gasteiger charge is 2.62. The Labute approximate surface area is 125 Å². The van der Waals surface area contributed by atoms with E-state index >= 15 is 0 Å². The van der Waals surface area contributed by atoms with E-state index in [-0.39, 0.29) is 0 Å². The molecular weight excluding hydrogens is 240 g/mol. The Hall–Kier alpha value is -0.260. The second-order valence-corrected chi connectivity index (χ2v) is 9.67. The molecule has 0 amide bonds. The lowest BCUT2D eigenvalue weighted by Crippen LogP contribution is -2.55. The number of rotatable bonds is 0. The summed E-state index contributed by atoms with van der Waals surface area (Å²) in [5, 5.41) is 0. The lowest BCUT2D eigenvalue weighted by molar-refractivity contribution is -0.144. The molecule has 20 heavy (non-hydrogen) atoms. The lowest BCUT2D eigenvalue weighted by atomic mass is 9.41. The highest BCUT2D eigenvalue weighted by atomic mass is 14.7. The van der Waals surface area contributed by atoms with Crippen molar-refractivity contribution in [2.24, 2.45) is 34.0 Å². The summed E-state index contributed by atoms with van der Waals surface area (Å²) in [5.74, 6) is 2.87. The molecule has 0 aromatic rings. The van der Waals surface area contributed by atoms with Crippen LogP contribution in [0.25, 0.3) is 0 Å². The Kier molecular flexibility index (Phi) is 2.63. The van der Waals surface area contributed by atoms with Crippen LogP contribution in [0.3, 0.4) is 0 Å². The van der Waals surface area contributed by atoms with Crippen LogP contribution in [0.1, 0.15) is 78.6 Å². The quantitative estimate of drug-likeness (QED) is 0.476. The van der Waals surface area contributed by atoms with Crippen molar-refractivity contribution in [3.63, 3.8) is 0 Å². The van der Waals surface area contributed by atoms with Gasteiger partial charge in [0.15, 0.2) is 0 Å². The predicted molar refractivity (Wildman–Crippen MR) is 85.5 cm³/mol. The number of allylic oxidation sites excluding steroid dienone is 1. The maximum atomic E-state index is 4.44. The second-order valence-electron chi connectivity index (χ2n) is 9.67. The topological polar surface area (TPSA) is 0 Å². The van der Waals surface area contributed by atoms with E-state index in [2.05, 4.69) is 27.4 Å². The summed E-state index contributed by atoms with van der Waals surface area (Å²) in [6.07, 6.45) is 13.3. The molecule has 4 saturated carbocycles. The predicted octanol–water partition coefficient (Wildman–Crippen LogP) is 5.98. The molecule has 4 fully saturated rings. The Morgan fingerprint density at radius 1 is 0.950 bits per heavy atom. The molecule has 1 spiro atoms. The normalized spacial score (nSPS) is 53.4. The molecule has 4 rings (SSSR count). The maximum absolute atomic E-state index is 4.44. The number of hydrogen-bond donors (Lipinski definition) is 0. The van der Waals surface area contributed by atoms with Gasteiger partial charge in [0.25, 0.3) is 0 Å². The Balaban J connectivity index is 1.74. The fourth-order valence-corrected chi connectivity index (χ4v) is 7.68. The standard InChI is InChI=1S/C20H32/c1-14-12-20-11-8-16-18(2,3)9-5-10-19(16,4)17(20)7-6-15(14)13-20/h15-17H,1,5-13H2,2-4H3/t15-,16+,17-,19+,20+/m1/s1. The molecule has 0 nitrogen and oxygen atoms in total. The van der Waals surface area contributed by atoms with Crippen LogP contribution in [0.15, 0.2) is 12.2 Å². The van der Waals surface area contributed by atoms with Gasteiger partial charge in [0.1, 0.15) is 0 Å². The van der Waals surface area contributed by atoms with Crippen molar-refractivity contribution < 1.29 is 0 Å². The average molecular weight is 272 g/mol. The molecule has 4 aliphatic carbocycles. The molecule has 0 unspecified atom stereocenters. The van der Waals surface area contributed by atoms with Gasteiger partial charge in [0.05, 0.1) is 0 Å². The summed E-state index contributed by atoms with van der Waals surface area (Å²) in [7, 11) is 0. The van der Waals surface area contributed by atoms with Crippen molar-refractivity contribution in [3.8, 4) is 0 Å². The Bertz CT molecular complexity index is 445. The zero-order valence-corrected chi connectivity index (χ0v) is 13.8. The summed E-state index contributed by atoms with van der Waals surface area (Å²) in [5.41, 5.74) is 3.51. The Morgan fingerprint density at radius 3 is 2.55 bits per heavy atom. The van der Waals surface area contributed by atoms with Gasteiger partial charge < -0.3 is 0 Å². The molecule has 0 heterocycles. The smallest absolute Gasteiger partial charge is 0.0200 e. The minimum atomic E-state index is 0.584. The van der Waals surface area contributed by atoms with Crippen LogP contribution >= 0.6 is 0 Å². The van der Waals surface area contributed by atoms with E-state index < -0.39 is 0 Å². The first-order valence-electron chi connectivity index (χ1n) is 9.05. The van der Waals surface area contributed by atoms with Crippen LogP contribution < -0.4 is 0 Å². The number of hydrogen-bond acceptors (Lipinski definition) is 0. The van der Waals surface area contributed by atoms with Gasteiger partial charge in [-0.3, -0.25) is 0 Å². The van der Waals surface area contributed by atoms with Crippen molar-refractivity contribution in [3.05, 3.63) is 12.2 Å². The molecule has 0 aromatic carbocycles. The fraction of sp³-hybridized carbons (Fsp3) is 0.900. The van der Waals surface area contributed by atoms with Crippen LogP contribution in [-0.2, 0) is 0 Å². The highest BCUT2D eigenvalue weighted by Crippen LogP contribution is 2.72. The van der Waals surface area contributed by atoms with Crippen LogP contribution in [0.2, 0.25) is 0 Å². The van der Waals surface area contributed by atoms with Gasteiger partial charge in [-0.1, -0.05) is 39.3 Å². The van der Waals surface area contributed by atoms with Crippen LogP contribution in [0, 0.1) is 34.0 Å². The second kappa shape index (κ2) is 3.93. The largest absolute Gasteiger partial charge is 0.0996 e. The monoisotopic (exact) mass is 272 g/mol. The summed E-state index contributed by atoms with van der Waals surface area (Å²) < 4.78 is 0. The molecule has 5 atom stereocenters. The van der Waals surface area contributed by atoms with Gasteiger partial charge in [-0.2, -0.15) is 0 Å².